The lowest BCUT2D eigenvalue weighted by molar-refractivity contribution is 0.102. The van der Waals surface area contributed by atoms with E-state index in [-0.39, 0.29) is 23.9 Å². The third-order valence-corrected chi connectivity index (χ3v) is 4.56. The number of phenols is 1. The van der Waals surface area contributed by atoms with Crippen LogP contribution in [0, 0.1) is 0 Å². The zero-order chi connectivity index (χ0) is 18.1. The number of aromatic hydroxyl groups is 1. The van der Waals surface area contributed by atoms with Crippen molar-refractivity contribution < 1.29 is 19.4 Å². The van der Waals surface area contributed by atoms with Crippen molar-refractivity contribution in [1.29, 1.82) is 0 Å². The number of anilines is 3. The Hall–Kier alpha value is -2.97. The minimum absolute atomic E-state index is 0.0725. The first-order valence-electron chi connectivity index (χ1n) is 7.50. The summed E-state index contributed by atoms with van der Waals surface area (Å²) in [6.45, 7) is 0.205. The van der Waals surface area contributed by atoms with Gasteiger partial charge in [0.1, 0.15) is 11.4 Å². The van der Waals surface area contributed by atoms with E-state index in [0.29, 0.717) is 21.7 Å². The average molecular weight is 390 g/mol. The van der Waals surface area contributed by atoms with Gasteiger partial charge >= 0.3 is 0 Å². The molecule has 0 aliphatic carbocycles. The van der Waals surface area contributed by atoms with Gasteiger partial charge < -0.3 is 25.2 Å². The third-order valence-electron chi connectivity index (χ3n) is 3.57. The number of rotatable bonds is 4. The number of aromatic nitrogens is 1. The topological polar surface area (TPSA) is 92.7 Å². The first-order chi connectivity index (χ1) is 12.6. The molecule has 3 aromatic rings. The average Bonchev–Trinajstić information content (AvgIpc) is 3.27. The number of ether oxygens (including phenoxy) is 2. The normalized spacial score (nSPS) is 12.0. The first-order valence-corrected chi connectivity index (χ1v) is 8.76. The molecule has 26 heavy (non-hydrogen) atoms. The van der Waals surface area contributed by atoms with Crippen LogP contribution in [0.4, 0.5) is 16.5 Å². The Bertz CT molecular complexity index is 992. The van der Waals surface area contributed by atoms with Gasteiger partial charge in [0.15, 0.2) is 16.6 Å². The van der Waals surface area contributed by atoms with Gasteiger partial charge in [-0.3, -0.25) is 4.79 Å². The highest BCUT2D eigenvalue weighted by Crippen LogP contribution is 2.35. The molecular formula is C17H12ClN3O4S. The number of fused-ring (bicyclic) bond motifs is 1. The van der Waals surface area contributed by atoms with E-state index >= 15 is 0 Å². The van der Waals surface area contributed by atoms with E-state index in [0.717, 1.165) is 5.69 Å². The SMILES string of the molecule is O=C(Nc1cc(Cl)ccc1O)c1csc(Nc2ccc3c(c2)OCO3)n1. The summed E-state index contributed by atoms with van der Waals surface area (Å²) in [7, 11) is 0. The summed E-state index contributed by atoms with van der Waals surface area (Å²) in [5, 5.41) is 18.0. The monoisotopic (exact) mass is 389 g/mol. The summed E-state index contributed by atoms with van der Waals surface area (Å²) in [4.78, 5) is 16.6. The second-order valence-corrected chi connectivity index (χ2v) is 6.64. The standard InChI is InChI=1S/C17H12ClN3O4S/c18-9-1-3-13(22)11(5-9)20-16(23)12-7-26-17(21-12)19-10-2-4-14-15(6-10)25-8-24-14/h1-7,22H,8H2,(H,19,21)(H,20,23). The molecule has 2 aromatic carbocycles. The number of nitrogens with one attached hydrogen (secondary N) is 2. The molecule has 3 N–H and O–H groups in total. The maximum absolute atomic E-state index is 12.3. The third kappa shape index (κ3) is 3.37. The van der Waals surface area contributed by atoms with Gasteiger partial charge in [-0.05, 0) is 30.3 Å². The van der Waals surface area contributed by atoms with Gasteiger partial charge in [-0.15, -0.1) is 11.3 Å². The van der Waals surface area contributed by atoms with Gasteiger partial charge in [0.2, 0.25) is 6.79 Å². The van der Waals surface area contributed by atoms with E-state index < -0.39 is 5.91 Å². The lowest BCUT2D eigenvalue weighted by atomic mass is 10.3. The summed E-state index contributed by atoms with van der Waals surface area (Å²) in [5.74, 6) is 0.825. The van der Waals surface area contributed by atoms with Gasteiger partial charge in [-0.25, -0.2) is 4.98 Å². The van der Waals surface area contributed by atoms with Crippen LogP contribution in [0.15, 0.2) is 41.8 Å². The van der Waals surface area contributed by atoms with E-state index in [2.05, 4.69) is 15.6 Å². The molecule has 132 valence electrons. The van der Waals surface area contributed by atoms with Crippen LogP contribution in [0.1, 0.15) is 10.5 Å². The highest BCUT2D eigenvalue weighted by Gasteiger charge is 2.16. The van der Waals surface area contributed by atoms with E-state index in [1.165, 1.54) is 29.5 Å². The summed E-state index contributed by atoms with van der Waals surface area (Å²) < 4.78 is 10.6. The predicted molar refractivity (Wildman–Crippen MR) is 99.0 cm³/mol. The molecule has 0 atom stereocenters. The minimum Gasteiger partial charge on any atom is -0.506 e. The Morgan fingerprint density at radius 2 is 2.04 bits per heavy atom. The Morgan fingerprint density at radius 3 is 2.92 bits per heavy atom. The number of benzene rings is 2. The summed E-state index contributed by atoms with van der Waals surface area (Å²) in [6, 6.07) is 9.83. The highest BCUT2D eigenvalue weighted by molar-refractivity contribution is 7.14. The van der Waals surface area contributed by atoms with E-state index in [1.807, 2.05) is 6.07 Å². The second kappa shape index (κ2) is 6.74. The van der Waals surface area contributed by atoms with Crippen LogP contribution >= 0.6 is 22.9 Å². The Morgan fingerprint density at radius 1 is 1.19 bits per heavy atom. The van der Waals surface area contributed by atoms with Crippen LogP contribution in [-0.2, 0) is 0 Å². The van der Waals surface area contributed by atoms with E-state index in [9.17, 15) is 9.90 Å². The van der Waals surface area contributed by atoms with Crippen LogP contribution in [-0.4, -0.2) is 22.8 Å². The molecule has 4 rings (SSSR count). The molecule has 7 nitrogen and oxygen atoms in total. The fourth-order valence-corrected chi connectivity index (χ4v) is 3.21. The van der Waals surface area contributed by atoms with Crippen molar-refractivity contribution in [2.75, 3.05) is 17.4 Å². The minimum atomic E-state index is -0.447. The molecule has 1 aromatic heterocycles. The Balaban J connectivity index is 1.47. The molecule has 0 spiro atoms. The summed E-state index contributed by atoms with van der Waals surface area (Å²) in [6.07, 6.45) is 0. The van der Waals surface area contributed by atoms with Gasteiger partial charge in [-0.2, -0.15) is 0 Å². The van der Waals surface area contributed by atoms with Crippen LogP contribution in [0.25, 0.3) is 0 Å². The molecule has 0 radical (unpaired) electrons. The molecule has 1 aliphatic rings. The molecule has 0 fully saturated rings. The molecule has 0 bridgehead atoms. The fourth-order valence-electron chi connectivity index (χ4n) is 2.33. The maximum atomic E-state index is 12.3. The fraction of sp³-hybridized carbons (Fsp3) is 0.0588. The number of phenolic OH excluding ortho intramolecular Hbond substituents is 1. The van der Waals surface area contributed by atoms with E-state index in [4.69, 9.17) is 21.1 Å². The summed E-state index contributed by atoms with van der Waals surface area (Å²) >= 11 is 7.16. The smallest absolute Gasteiger partial charge is 0.275 e. The number of hydrogen-bond donors (Lipinski definition) is 3. The van der Waals surface area contributed by atoms with E-state index in [1.54, 1.807) is 17.5 Å². The van der Waals surface area contributed by atoms with Crippen LogP contribution in [0.3, 0.4) is 0 Å². The molecule has 0 unspecified atom stereocenters. The molecule has 1 aliphatic heterocycles. The van der Waals surface area contributed by atoms with Crippen molar-refractivity contribution in [2.45, 2.75) is 0 Å². The molecule has 0 saturated carbocycles. The van der Waals surface area contributed by atoms with Gasteiger partial charge in [0.25, 0.3) is 5.91 Å². The number of carbonyl (C=O) groups is 1. The zero-order valence-electron chi connectivity index (χ0n) is 13.2. The lowest BCUT2D eigenvalue weighted by Crippen LogP contribution is -2.12. The van der Waals surface area contributed by atoms with Crippen molar-refractivity contribution >= 4 is 45.4 Å². The van der Waals surface area contributed by atoms with Gasteiger partial charge in [0.05, 0.1) is 5.69 Å². The molecule has 9 heteroatoms. The number of hydrogen-bond acceptors (Lipinski definition) is 7. The maximum Gasteiger partial charge on any atom is 0.275 e. The zero-order valence-corrected chi connectivity index (χ0v) is 14.7. The Labute approximate surface area is 157 Å². The Kier molecular flexibility index (Phi) is 4.27. The van der Waals surface area contributed by atoms with Gasteiger partial charge in [-0.1, -0.05) is 11.6 Å². The molecule has 0 saturated heterocycles. The van der Waals surface area contributed by atoms with Crippen molar-refractivity contribution in [1.82, 2.24) is 4.98 Å². The van der Waals surface area contributed by atoms with Crippen LogP contribution in [0.2, 0.25) is 5.02 Å². The molecule has 1 amide bonds. The predicted octanol–water partition coefficient (Wildman–Crippen LogP) is 4.23. The number of amides is 1. The quantitative estimate of drug-likeness (QED) is 0.578. The van der Waals surface area contributed by atoms with Crippen molar-refractivity contribution in [3.63, 3.8) is 0 Å². The largest absolute Gasteiger partial charge is 0.506 e. The number of thiazole rings is 1. The van der Waals surface area contributed by atoms with Crippen molar-refractivity contribution in [3.05, 3.63) is 52.5 Å². The van der Waals surface area contributed by atoms with Crippen molar-refractivity contribution in [2.24, 2.45) is 0 Å². The molecule has 2 heterocycles. The first kappa shape index (κ1) is 16.5. The number of carbonyl (C=O) groups excluding carboxylic acids is 1. The van der Waals surface area contributed by atoms with Crippen molar-refractivity contribution in [3.8, 4) is 17.2 Å². The lowest BCUT2D eigenvalue weighted by Gasteiger charge is -2.06. The molecular weight excluding hydrogens is 378 g/mol. The van der Waals surface area contributed by atoms with Crippen LogP contribution in [0.5, 0.6) is 17.2 Å². The summed E-state index contributed by atoms with van der Waals surface area (Å²) in [5.41, 5.74) is 1.21. The highest BCUT2D eigenvalue weighted by atomic mass is 35.5. The number of nitrogens with zero attached hydrogens (tertiary/aromatic N) is 1. The van der Waals surface area contributed by atoms with Gasteiger partial charge in [0, 0.05) is 22.2 Å². The second-order valence-electron chi connectivity index (χ2n) is 5.35. The number of halogens is 1. The van der Waals surface area contributed by atoms with Crippen LogP contribution < -0.4 is 20.1 Å².